The number of hydrogen-bond donors (Lipinski definition) is 3. The van der Waals surface area contributed by atoms with Gasteiger partial charge in [-0.1, -0.05) is 68.3 Å². The molecule has 0 heterocycles. The third kappa shape index (κ3) is 7.05. The number of carboxylic acids is 1. The molecule has 0 spiro atoms. The van der Waals surface area contributed by atoms with E-state index in [1.165, 1.54) is 0 Å². The molecular weight excluding hydrogens is 446 g/mol. The lowest BCUT2D eigenvalue weighted by Crippen LogP contribution is -2.54. The highest BCUT2D eigenvalue weighted by Crippen LogP contribution is 2.44. The van der Waals surface area contributed by atoms with E-state index in [9.17, 15) is 19.5 Å². The van der Waals surface area contributed by atoms with E-state index in [2.05, 4.69) is 22.8 Å². The van der Waals surface area contributed by atoms with E-state index in [0.717, 1.165) is 35.1 Å². The van der Waals surface area contributed by atoms with Crippen molar-refractivity contribution in [3.63, 3.8) is 0 Å². The topological polar surface area (TPSA) is 108 Å². The number of amides is 2. The Kier molecular flexibility index (Phi) is 9.25. The van der Waals surface area contributed by atoms with Crippen LogP contribution in [0.1, 0.15) is 49.7 Å². The average Bonchev–Trinajstić information content (AvgIpc) is 3.14. The van der Waals surface area contributed by atoms with E-state index in [-0.39, 0.29) is 25.5 Å². The maximum absolute atomic E-state index is 13.0. The summed E-state index contributed by atoms with van der Waals surface area (Å²) in [6.07, 6.45) is 1.42. The molecule has 0 bridgehead atoms. The van der Waals surface area contributed by atoms with Gasteiger partial charge >= 0.3 is 12.1 Å². The number of nitrogens with zero attached hydrogens (tertiary/aromatic N) is 1. The smallest absolute Gasteiger partial charge is 0.407 e. The van der Waals surface area contributed by atoms with E-state index in [0.29, 0.717) is 6.42 Å². The Hall–Kier alpha value is -3.39. The molecule has 2 amide bonds. The fourth-order valence-electron chi connectivity index (χ4n) is 4.53. The number of benzene rings is 2. The number of carboxylic acid groups (broad SMARTS) is 1. The Morgan fingerprint density at radius 1 is 1.00 bits per heavy atom. The van der Waals surface area contributed by atoms with Gasteiger partial charge in [-0.15, -0.1) is 0 Å². The van der Waals surface area contributed by atoms with Crippen LogP contribution in [0.25, 0.3) is 11.1 Å². The van der Waals surface area contributed by atoms with Crippen molar-refractivity contribution in [2.75, 3.05) is 27.2 Å². The number of ether oxygens (including phenoxy) is 1. The van der Waals surface area contributed by atoms with Crippen LogP contribution in [0.15, 0.2) is 48.5 Å². The summed E-state index contributed by atoms with van der Waals surface area (Å²) in [6, 6.07) is 14.8. The highest BCUT2D eigenvalue weighted by Gasteiger charge is 2.30. The van der Waals surface area contributed by atoms with Crippen molar-refractivity contribution in [3.05, 3.63) is 59.7 Å². The minimum atomic E-state index is -0.972. The van der Waals surface area contributed by atoms with Crippen molar-refractivity contribution in [2.45, 2.75) is 50.6 Å². The maximum Gasteiger partial charge on any atom is 0.407 e. The van der Waals surface area contributed by atoms with E-state index in [1.807, 2.05) is 43.3 Å². The molecule has 0 aromatic heterocycles. The molecule has 8 heteroatoms. The fraction of sp³-hybridized carbons (Fsp3) is 0.444. The summed E-state index contributed by atoms with van der Waals surface area (Å²) in [5.41, 5.74) is 4.49. The molecule has 0 radical (unpaired) electrons. The van der Waals surface area contributed by atoms with Crippen LogP contribution in [0, 0.1) is 0 Å². The van der Waals surface area contributed by atoms with Crippen LogP contribution >= 0.6 is 0 Å². The molecule has 1 aliphatic carbocycles. The van der Waals surface area contributed by atoms with Gasteiger partial charge in [-0.3, -0.25) is 9.59 Å². The second-order valence-electron chi connectivity index (χ2n) is 9.23. The van der Waals surface area contributed by atoms with Crippen molar-refractivity contribution in [3.8, 4) is 11.1 Å². The first-order valence-corrected chi connectivity index (χ1v) is 12.1. The van der Waals surface area contributed by atoms with Crippen molar-refractivity contribution < 1.29 is 24.2 Å². The zero-order chi connectivity index (χ0) is 25.4. The molecule has 0 fully saturated rings. The molecule has 2 aromatic carbocycles. The van der Waals surface area contributed by atoms with Crippen LogP contribution in [0.2, 0.25) is 0 Å². The number of alkyl carbamates (subject to hydrolysis) is 1. The number of aliphatic carboxylic acids is 1. The Labute approximate surface area is 206 Å². The zero-order valence-corrected chi connectivity index (χ0v) is 20.6. The fourth-order valence-corrected chi connectivity index (χ4v) is 4.53. The quantitative estimate of drug-likeness (QED) is 0.428. The lowest BCUT2D eigenvalue weighted by Gasteiger charge is -2.25. The molecule has 1 unspecified atom stereocenters. The van der Waals surface area contributed by atoms with Crippen LogP contribution in [0.3, 0.4) is 0 Å². The molecule has 188 valence electrons. The molecule has 1 aliphatic rings. The van der Waals surface area contributed by atoms with Gasteiger partial charge in [0.25, 0.3) is 0 Å². The van der Waals surface area contributed by atoms with Crippen LogP contribution in [-0.4, -0.2) is 67.3 Å². The highest BCUT2D eigenvalue weighted by atomic mass is 16.5. The summed E-state index contributed by atoms with van der Waals surface area (Å²) >= 11 is 0. The minimum Gasteiger partial charge on any atom is -0.481 e. The Morgan fingerprint density at radius 3 is 2.14 bits per heavy atom. The maximum atomic E-state index is 13.0. The summed E-state index contributed by atoms with van der Waals surface area (Å²) < 4.78 is 5.59. The second kappa shape index (κ2) is 12.4. The first-order valence-electron chi connectivity index (χ1n) is 12.1. The number of carbonyl (C=O) groups is 3. The number of rotatable bonds is 12. The predicted molar refractivity (Wildman–Crippen MR) is 134 cm³/mol. The third-order valence-electron chi connectivity index (χ3n) is 6.17. The van der Waals surface area contributed by atoms with Gasteiger partial charge in [-0.05, 0) is 42.8 Å². The molecular formula is C27H35N3O5. The number of carbonyl (C=O) groups excluding carboxylic acids is 2. The molecule has 8 nitrogen and oxygen atoms in total. The monoisotopic (exact) mass is 481 g/mol. The highest BCUT2D eigenvalue weighted by molar-refractivity contribution is 5.86. The largest absolute Gasteiger partial charge is 0.481 e. The van der Waals surface area contributed by atoms with Crippen LogP contribution in [0.5, 0.6) is 0 Å². The molecule has 2 atom stereocenters. The number of nitrogens with one attached hydrogen (secondary N) is 2. The lowest BCUT2D eigenvalue weighted by atomic mass is 9.98. The summed E-state index contributed by atoms with van der Waals surface area (Å²) in [7, 11) is 3.59. The predicted octanol–water partition coefficient (Wildman–Crippen LogP) is 3.61. The van der Waals surface area contributed by atoms with E-state index in [4.69, 9.17) is 4.74 Å². The molecule has 0 aliphatic heterocycles. The summed E-state index contributed by atoms with van der Waals surface area (Å²) in [5.74, 6) is -1.47. The van der Waals surface area contributed by atoms with E-state index in [1.54, 1.807) is 19.0 Å². The van der Waals surface area contributed by atoms with Gasteiger partial charge in [-0.25, -0.2) is 4.79 Å². The van der Waals surface area contributed by atoms with Gasteiger partial charge in [0, 0.05) is 18.5 Å². The van der Waals surface area contributed by atoms with Gasteiger partial charge in [-0.2, -0.15) is 0 Å². The Bertz CT molecular complexity index is 993. The molecule has 2 aromatic rings. The second-order valence-corrected chi connectivity index (χ2v) is 9.23. The average molecular weight is 482 g/mol. The Morgan fingerprint density at radius 2 is 1.60 bits per heavy atom. The molecule has 3 rings (SSSR count). The normalized spacial score (nSPS) is 14.1. The molecule has 35 heavy (non-hydrogen) atoms. The zero-order valence-electron chi connectivity index (χ0n) is 20.6. The van der Waals surface area contributed by atoms with Gasteiger partial charge in [0.05, 0.1) is 6.42 Å². The SMILES string of the molecule is CCCC[C@@H](CC(=O)O)NC(=O)C(CN(C)C)NC(=O)OCC1c2ccccc2-c2ccccc21. The van der Waals surface area contributed by atoms with Crippen LogP contribution in [0.4, 0.5) is 4.79 Å². The Balaban J connectivity index is 1.64. The van der Waals surface area contributed by atoms with Crippen molar-refractivity contribution in [1.29, 1.82) is 0 Å². The number of likely N-dealkylation sites (N-methyl/N-ethyl adjacent to an activating group) is 1. The van der Waals surface area contributed by atoms with E-state index < -0.39 is 30.1 Å². The molecule has 0 saturated carbocycles. The van der Waals surface area contributed by atoms with Gasteiger partial charge in [0.1, 0.15) is 12.6 Å². The summed E-state index contributed by atoms with van der Waals surface area (Å²) in [6.45, 7) is 2.41. The third-order valence-corrected chi connectivity index (χ3v) is 6.17. The number of fused-ring (bicyclic) bond motifs is 3. The van der Waals surface area contributed by atoms with Gasteiger partial charge in [0.2, 0.25) is 5.91 Å². The van der Waals surface area contributed by atoms with Crippen LogP contribution in [-0.2, 0) is 14.3 Å². The molecule has 0 saturated heterocycles. The van der Waals surface area contributed by atoms with Crippen LogP contribution < -0.4 is 10.6 Å². The van der Waals surface area contributed by atoms with E-state index >= 15 is 0 Å². The van der Waals surface area contributed by atoms with Crippen molar-refractivity contribution >= 4 is 18.0 Å². The number of unbranched alkanes of at least 4 members (excludes halogenated alkanes) is 1. The van der Waals surface area contributed by atoms with Gasteiger partial charge in [0.15, 0.2) is 0 Å². The standard InChI is InChI=1S/C27H35N3O5/c1-4-5-10-18(15-25(31)32)28-26(33)24(16-30(2)3)29-27(34)35-17-23-21-13-8-6-11-19(21)20-12-7-9-14-22(20)23/h6-9,11-14,18,23-24H,4-5,10,15-17H2,1-3H3,(H,28,33)(H,29,34)(H,31,32)/t18-,24?/m0/s1. The first kappa shape index (κ1) is 26.2. The van der Waals surface area contributed by atoms with Gasteiger partial charge < -0.3 is 25.4 Å². The lowest BCUT2D eigenvalue weighted by molar-refractivity contribution is -0.137. The summed E-state index contributed by atoms with van der Waals surface area (Å²) in [4.78, 5) is 38.7. The van der Waals surface area contributed by atoms with Crippen molar-refractivity contribution in [1.82, 2.24) is 15.5 Å². The van der Waals surface area contributed by atoms with Crippen molar-refractivity contribution in [2.24, 2.45) is 0 Å². The number of hydrogen-bond acceptors (Lipinski definition) is 5. The summed E-state index contributed by atoms with van der Waals surface area (Å²) in [5, 5.41) is 14.7. The molecule has 3 N–H and O–H groups in total. The first-order chi connectivity index (χ1) is 16.8. The minimum absolute atomic E-state index is 0.0803.